The molecule has 1 saturated carbocycles. The van der Waals surface area contributed by atoms with E-state index >= 15 is 0 Å². The molecular weight excluding hydrogens is 346 g/mol. The standard InChI is InChI=1S/C20H25N3O4/c1-27-17(24)16-11-20(14-9-5-6-10-15(14)22-18(20)25)12-23(16)19(26)21-13-7-3-2-4-8-13/h5-6,9-10,13,16H,2-4,7-8,11-12H2,1H3,(H,21,26)(H,22,25)/t16-,20+/m0/s1. The number of hydrogen-bond donors (Lipinski definition) is 2. The molecule has 2 atom stereocenters. The van der Waals surface area contributed by atoms with Crippen LogP contribution in [0.4, 0.5) is 10.5 Å². The maximum Gasteiger partial charge on any atom is 0.328 e. The van der Waals surface area contributed by atoms with E-state index < -0.39 is 17.4 Å². The van der Waals surface area contributed by atoms with Crippen molar-refractivity contribution in [2.75, 3.05) is 19.0 Å². The first-order valence-electron chi connectivity index (χ1n) is 9.61. The minimum absolute atomic E-state index is 0.130. The molecule has 2 fully saturated rings. The summed E-state index contributed by atoms with van der Waals surface area (Å²) in [7, 11) is 1.31. The van der Waals surface area contributed by atoms with Gasteiger partial charge in [-0.25, -0.2) is 9.59 Å². The summed E-state index contributed by atoms with van der Waals surface area (Å²) >= 11 is 0. The molecule has 144 valence electrons. The van der Waals surface area contributed by atoms with Crippen molar-refractivity contribution in [3.8, 4) is 0 Å². The molecule has 0 aromatic heterocycles. The minimum Gasteiger partial charge on any atom is -0.467 e. The lowest BCUT2D eigenvalue weighted by Gasteiger charge is -2.28. The molecule has 1 aromatic carbocycles. The molecule has 1 aliphatic carbocycles. The van der Waals surface area contributed by atoms with Crippen LogP contribution in [-0.4, -0.2) is 48.5 Å². The normalized spacial score (nSPS) is 27.4. The third kappa shape index (κ3) is 2.95. The van der Waals surface area contributed by atoms with Crippen molar-refractivity contribution >= 4 is 23.6 Å². The smallest absolute Gasteiger partial charge is 0.328 e. The summed E-state index contributed by atoms with van der Waals surface area (Å²) in [5.41, 5.74) is 0.692. The van der Waals surface area contributed by atoms with Crippen molar-refractivity contribution in [3.05, 3.63) is 29.8 Å². The summed E-state index contributed by atoms with van der Waals surface area (Å²) < 4.78 is 4.94. The van der Waals surface area contributed by atoms with Crippen LogP contribution in [0, 0.1) is 0 Å². The van der Waals surface area contributed by atoms with Gasteiger partial charge in [0.15, 0.2) is 0 Å². The predicted octanol–water partition coefficient (Wildman–Crippen LogP) is 2.17. The Bertz CT molecular complexity index is 774. The molecule has 1 spiro atoms. The average Bonchev–Trinajstić information content (AvgIpc) is 3.22. The molecule has 0 bridgehead atoms. The van der Waals surface area contributed by atoms with E-state index in [9.17, 15) is 14.4 Å². The fourth-order valence-electron chi connectivity index (χ4n) is 4.70. The number of benzene rings is 1. The van der Waals surface area contributed by atoms with Crippen molar-refractivity contribution in [1.82, 2.24) is 10.2 Å². The van der Waals surface area contributed by atoms with Crippen molar-refractivity contribution in [2.24, 2.45) is 0 Å². The van der Waals surface area contributed by atoms with Crippen LogP contribution in [0.1, 0.15) is 44.1 Å². The van der Waals surface area contributed by atoms with Gasteiger partial charge in [0.25, 0.3) is 0 Å². The number of methoxy groups -OCH3 is 1. The molecule has 2 heterocycles. The van der Waals surface area contributed by atoms with E-state index in [1.165, 1.54) is 18.4 Å². The lowest BCUT2D eigenvalue weighted by molar-refractivity contribution is -0.145. The molecule has 3 aliphatic rings. The Hall–Kier alpha value is -2.57. The largest absolute Gasteiger partial charge is 0.467 e. The molecule has 4 rings (SSSR count). The molecule has 27 heavy (non-hydrogen) atoms. The van der Waals surface area contributed by atoms with Crippen LogP contribution in [0.2, 0.25) is 0 Å². The van der Waals surface area contributed by atoms with E-state index in [4.69, 9.17) is 4.74 Å². The first-order valence-corrected chi connectivity index (χ1v) is 9.61. The second-order valence-corrected chi connectivity index (χ2v) is 7.74. The molecule has 2 aliphatic heterocycles. The Morgan fingerprint density at radius 2 is 1.96 bits per heavy atom. The molecule has 1 aromatic rings. The van der Waals surface area contributed by atoms with E-state index in [0.29, 0.717) is 0 Å². The lowest BCUT2D eigenvalue weighted by Crippen LogP contribution is -2.50. The van der Waals surface area contributed by atoms with Crippen LogP contribution in [0.15, 0.2) is 24.3 Å². The van der Waals surface area contributed by atoms with E-state index in [-0.39, 0.29) is 30.9 Å². The van der Waals surface area contributed by atoms with Crippen molar-refractivity contribution < 1.29 is 19.1 Å². The summed E-state index contributed by atoms with van der Waals surface area (Å²) in [4.78, 5) is 39.7. The Labute approximate surface area is 158 Å². The number of carbonyl (C=O) groups excluding carboxylic acids is 3. The molecule has 0 unspecified atom stereocenters. The number of para-hydroxylation sites is 1. The van der Waals surface area contributed by atoms with Gasteiger partial charge in [0.2, 0.25) is 5.91 Å². The molecule has 2 N–H and O–H groups in total. The number of anilines is 1. The first-order chi connectivity index (χ1) is 13.0. The highest BCUT2D eigenvalue weighted by Gasteiger charge is 2.57. The van der Waals surface area contributed by atoms with Gasteiger partial charge in [-0.05, 0) is 30.9 Å². The summed E-state index contributed by atoms with van der Waals surface area (Å²) in [6.07, 6.45) is 5.55. The van der Waals surface area contributed by atoms with E-state index in [2.05, 4.69) is 10.6 Å². The number of carbonyl (C=O) groups is 3. The van der Waals surface area contributed by atoms with Gasteiger partial charge in [-0.1, -0.05) is 37.5 Å². The number of amides is 3. The Morgan fingerprint density at radius 1 is 1.22 bits per heavy atom. The molecule has 7 nitrogen and oxygen atoms in total. The monoisotopic (exact) mass is 371 g/mol. The third-order valence-corrected chi connectivity index (χ3v) is 6.15. The number of nitrogens with one attached hydrogen (secondary N) is 2. The van der Waals surface area contributed by atoms with Gasteiger partial charge in [-0.2, -0.15) is 0 Å². The zero-order valence-electron chi connectivity index (χ0n) is 15.5. The number of rotatable bonds is 2. The van der Waals surface area contributed by atoms with Crippen LogP contribution in [-0.2, 0) is 19.7 Å². The number of hydrogen-bond acceptors (Lipinski definition) is 4. The fourth-order valence-corrected chi connectivity index (χ4v) is 4.70. The Morgan fingerprint density at radius 3 is 2.70 bits per heavy atom. The van der Waals surface area contributed by atoms with Gasteiger partial charge < -0.3 is 20.3 Å². The number of ether oxygens (including phenoxy) is 1. The number of nitrogens with zero attached hydrogens (tertiary/aromatic N) is 1. The highest BCUT2D eigenvalue weighted by molar-refractivity contribution is 6.08. The number of esters is 1. The topological polar surface area (TPSA) is 87.7 Å². The average molecular weight is 371 g/mol. The second-order valence-electron chi connectivity index (χ2n) is 7.74. The van der Waals surface area contributed by atoms with Crippen molar-refractivity contribution in [2.45, 2.75) is 56.0 Å². The SMILES string of the molecule is COC(=O)[C@@H]1C[C@]2(CN1C(=O)NC1CCCCC1)C(=O)Nc1ccccc12. The minimum atomic E-state index is -0.903. The zero-order valence-corrected chi connectivity index (χ0v) is 15.5. The first kappa shape index (κ1) is 17.8. The van der Waals surface area contributed by atoms with Gasteiger partial charge >= 0.3 is 12.0 Å². The summed E-state index contributed by atoms with van der Waals surface area (Å²) in [6.45, 7) is 0.175. The van der Waals surface area contributed by atoms with E-state index in [0.717, 1.165) is 36.9 Å². The van der Waals surface area contributed by atoms with Crippen LogP contribution < -0.4 is 10.6 Å². The molecule has 1 saturated heterocycles. The molecular formula is C20H25N3O4. The Kier molecular flexibility index (Phi) is 4.53. The summed E-state index contributed by atoms with van der Waals surface area (Å²) in [6, 6.07) is 6.55. The molecule has 0 radical (unpaired) electrons. The quantitative estimate of drug-likeness (QED) is 0.780. The summed E-state index contributed by atoms with van der Waals surface area (Å²) in [5.74, 6) is -0.645. The number of fused-ring (bicyclic) bond motifs is 2. The summed E-state index contributed by atoms with van der Waals surface area (Å²) in [5, 5.41) is 5.96. The third-order valence-electron chi connectivity index (χ3n) is 6.15. The predicted molar refractivity (Wildman–Crippen MR) is 99.3 cm³/mol. The van der Waals surface area contributed by atoms with Gasteiger partial charge in [-0.15, -0.1) is 0 Å². The van der Waals surface area contributed by atoms with E-state index in [1.807, 2.05) is 24.3 Å². The van der Waals surface area contributed by atoms with Gasteiger partial charge in [0.1, 0.15) is 6.04 Å². The highest BCUT2D eigenvalue weighted by Crippen LogP contribution is 2.46. The van der Waals surface area contributed by atoms with Crippen LogP contribution in [0.5, 0.6) is 0 Å². The van der Waals surface area contributed by atoms with Crippen LogP contribution in [0.3, 0.4) is 0 Å². The highest BCUT2D eigenvalue weighted by atomic mass is 16.5. The number of likely N-dealkylation sites (tertiary alicyclic amines) is 1. The van der Waals surface area contributed by atoms with E-state index in [1.54, 1.807) is 0 Å². The van der Waals surface area contributed by atoms with Crippen LogP contribution in [0.25, 0.3) is 0 Å². The Balaban J connectivity index is 1.62. The second kappa shape index (κ2) is 6.87. The van der Waals surface area contributed by atoms with Gasteiger partial charge in [-0.3, -0.25) is 4.79 Å². The fraction of sp³-hybridized carbons (Fsp3) is 0.550. The zero-order chi connectivity index (χ0) is 19.0. The maximum absolute atomic E-state index is 13.0. The van der Waals surface area contributed by atoms with Crippen molar-refractivity contribution in [3.63, 3.8) is 0 Å². The van der Waals surface area contributed by atoms with Gasteiger partial charge in [0, 0.05) is 18.3 Å². The number of urea groups is 1. The van der Waals surface area contributed by atoms with Gasteiger partial charge in [0.05, 0.1) is 12.5 Å². The lowest BCUT2D eigenvalue weighted by atomic mass is 9.79. The maximum atomic E-state index is 13.0. The van der Waals surface area contributed by atoms with Crippen LogP contribution >= 0.6 is 0 Å². The molecule has 7 heteroatoms. The molecule has 3 amide bonds. The van der Waals surface area contributed by atoms with Crippen molar-refractivity contribution in [1.29, 1.82) is 0 Å².